The number of hydrogen-bond donors (Lipinski definition) is 0. The van der Waals surface area contributed by atoms with E-state index in [2.05, 4.69) is 27.5 Å². The minimum atomic E-state index is -0.710. The fourth-order valence-corrected chi connectivity index (χ4v) is 6.40. The highest BCUT2D eigenvalue weighted by atomic mass is 79.9. The van der Waals surface area contributed by atoms with Gasteiger partial charge >= 0.3 is 5.97 Å². The van der Waals surface area contributed by atoms with Crippen LogP contribution in [-0.4, -0.2) is 23.8 Å². The lowest BCUT2D eigenvalue weighted by molar-refractivity contribution is -0.139. The van der Waals surface area contributed by atoms with Gasteiger partial charge in [-0.25, -0.2) is 9.79 Å². The van der Waals surface area contributed by atoms with E-state index < -0.39 is 12.0 Å². The lowest BCUT2D eigenvalue weighted by atomic mass is 9.96. The predicted octanol–water partition coefficient (Wildman–Crippen LogP) is 6.36. The van der Waals surface area contributed by atoms with E-state index in [9.17, 15) is 9.59 Å². The van der Waals surface area contributed by atoms with Gasteiger partial charge < -0.3 is 14.2 Å². The van der Waals surface area contributed by atoms with Gasteiger partial charge in [-0.05, 0) is 77.3 Å². The van der Waals surface area contributed by atoms with Crippen molar-refractivity contribution < 1.29 is 19.0 Å². The van der Waals surface area contributed by atoms with E-state index in [1.807, 2.05) is 54.6 Å². The van der Waals surface area contributed by atoms with Gasteiger partial charge in [0.05, 0.1) is 32.9 Å². The Hall–Kier alpha value is -3.92. The standard InChI is InChI=1S/C33H28BrClN2O5S/c1-4-16-41-24-13-11-22(12-14-24)30-29(32(39)40-5-2)20(3)36-33-37(30)31(38)28(43-33)18-21-10-15-27(25(34)17-21)42-19-23-8-6-7-9-26(23)35/h4,6-15,17-18,30H,1,5,16,19H2,2-3H3/b28-18-/t30-/m0/s1. The smallest absolute Gasteiger partial charge is 0.338 e. The Morgan fingerprint density at radius 1 is 1.14 bits per heavy atom. The van der Waals surface area contributed by atoms with Crippen molar-refractivity contribution in [1.82, 2.24) is 4.57 Å². The van der Waals surface area contributed by atoms with Crippen molar-refractivity contribution in [2.24, 2.45) is 4.99 Å². The zero-order chi connectivity index (χ0) is 30.5. The van der Waals surface area contributed by atoms with Crippen molar-refractivity contribution in [1.29, 1.82) is 0 Å². The first-order chi connectivity index (χ1) is 20.8. The molecule has 1 aliphatic rings. The van der Waals surface area contributed by atoms with Crippen LogP contribution in [0.25, 0.3) is 6.08 Å². The van der Waals surface area contributed by atoms with Crippen LogP contribution in [0.15, 0.2) is 105 Å². The molecule has 4 aromatic rings. The summed E-state index contributed by atoms with van der Waals surface area (Å²) in [5.74, 6) is 0.791. The number of hydrogen-bond acceptors (Lipinski definition) is 7. The van der Waals surface area contributed by atoms with E-state index in [0.717, 1.165) is 21.2 Å². The first-order valence-electron chi connectivity index (χ1n) is 13.5. The molecule has 0 bridgehead atoms. The van der Waals surface area contributed by atoms with Gasteiger partial charge in [0.1, 0.15) is 24.7 Å². The number of aromatic nitrogens is 1. The quantitative estimate of drug-likeness (QED) is 0.144. The molecule has 0 radical (unpaired) electrons. The van der Waals surface area contributed by atoms with Gasteiger partial charge in [-0.3, -0.25) is 9.36 Å². The molecule has 7 nitrogen and oxygen atoms in total. The molecule has 0 saturated heterocycles. The number of halogens is 2. The maximum Gasteiger partial charge on any atom is 0.338 e. The highest BCUT2D eigenvalue weighted by Crippen LogP contribution is 2.32. The first-order valence-corrected chi connectivity index (χ1v) is 15.5. The molecule has 3 aromatic carbocycles. The van der Waals surface area contributed by atoms with Gasteiger partial charge in [0.15, 0.2) is 4.80 Å². The zero-order valence-corrected chi connectivity index (χ0v) is 26.7. The summed E-state index contributed by atoms with van der Waals surface area (Å²) in [5, 5.41) is 0.641. The van der Waals surface area contributed by atoms with Crippen LogP contribution in [0.2, 0.25) is 5.02 Å². The number of allylic oxidation sites excluding steroid dienone is 1. The Bertz CT molecular complexity index is 1900. The molecule has 0 spiro atoms. The van der Waals surface area contributed by atoms with Gasteiger partial charge in [0.25, 0.3) is 5.56 Å². The molecule has 0 amide bonds. The van der Waals surface area contributed by atoms with E-state index in [1.165, 1.54) is 11.3 Å². The third-order valence-corrected chi connectivity index (χ3v) is 8.65. The number of carbonyl (C=O) groups excluding carboxylic acids is 1. The number of rotatable bonds is 10. The number of benzene rings is 3. The van der Waals surface area contributed by atoms with Gasteiger partial charge in [-0.2, -0.15) is 0 Å². The number of esters is 1. The predicted molar refractivity (Wildman–Crippen MR) is 172 cm³/mol. The molecule has 43 heavy (non-hydrogen) atoms. The third kappa shape index (κ3) is 6.69. The van der Waals surface area contributed by atoms with Crippen LogP contribution < -0.4 is 24.4 Å². The van der Waals surface area contributed by atoms with E-state index >= 15 is 0 Å². The molecular formula is C33H28BrClN2O5S. The van der Waals surface area contributed by atoms with E-state index in [4.69, 9.17) is 25.8 Å². The summed E-state index contributed by atoms with van der Waals surface area (Å²) < 4.78 is 19.7. The largest absolute Gasteiger partial charge is 0.490 e. The van der Waals surface area contributed by atoms with Crippen LogP contribution in [0.3, 0.4) is 0 Å². The normalized spacial score (nSPS) is 14.6. The van der Waals surface area contributed by atoms with Crippen LogP contribution in [0.5, 0.6) is 11.5 Å². The first kappa shape index (κ1) is 30.5. The molecule has 1 aromatic heterocycles. The van der Waals surface area contributed by atoms with Crippen LogP contribution in [0.1, 0.15) is 36.6 Å². The van der Waals surface area contributed by atoms with Crippen LogP contribution in [0.4, 0.5) is 0 Å². The summed E-state index contributed by atoms with van der Waals surface area (Å²) in [6.45, 7) is 8.07. The van der Waals surface area contributed by atoms with Crippen LogP contribution in [0, 0.1) is 0 Å². The monoisotopic (exact) mass is 678 g/mol. The third-order valence-electron chi connectivity index (χ3n) is 6.68. The van der Waals surface area contributed by atoms with Gasteiger partial charge in [-0.15, -0.1) is 0 Å². The number of ether oxygens (including phenoxy) is 3. The number of nitrogens with zero attached hydrogens (tertiary/aromatic N) is 2. The Balaban J connectivity index is 1.51. The average Bonchev–Trinajstić information content (AvgIpc) is 3.29. The average molecular weight is 680 g/mol. The van der Waals surface area contributed by atoms with E-state index in [0.29, 0.717) is 50.3 Å². The second-order valence-electron chi connectivity index (χ2n) is 9.54. The molecule has 0 fully saturated rings. The summed E-state index contributed by atoms with van der Waals surface area (Å²) in [4.78, 5) is 32.2. The molecule has 1 aliphatic heterocycles. The van der Waals surface area contributed by atoms with Crippen LogP contribution in [-0.2, 0) is 16.1 Å². The lowest BCUT2D eigenvalue weighted by Gasteiger charge is -2.24. The Morgan fingerprint density at radius 2 is 1.91 bits per heavy atom. The van der Waals surface area contributed by atoms with Crippen molar-refractivity contribution in [2.75, 3.05) is 13.2 Å². The van der Waals surface area contributed by atoms with Crippen molar-refractivity contribution >= 4 is 50.9 Å². The molecule has 0 N–H and O–H groups in total. The van der Waals surface area contributed by atoms with E-state index in [-0.39, 0.29) is 12.2 Å². The highest BCUT2D eigenvalue weighted by Gasteiger charge is 2.33. The second-order valence-corrected chi connectivity index (χ2v) is 11.8. The molecule has 10 heteroatoms. The molecular weight excluding hydrogens is 652 g/mol. The summed E-state index contributed by atoms with van der Waals surface area (Å²) in [5.41, 5.74) is 2.98. The summed E-state index contributed by atoms with van der Waals surface area (Å²) in [7, 11) is 0. The highest BCUT2D eigenvalue weighted by molar-refractivity contribution is 9.10. The number of fused-ring (bicyclic) bond motifs is 1. The zero-order valence-electron chi connectivity index (χ0n) is 23.5. The molecule has 0 unspecified atom stereocenters. The van der Waals surface area contributed by atoms with Crippen LogP contribution >= 0.6 is 38.9 Å². The summed E-state index contributed by atoms with van der Waals surface area (Å²) in [6.07, 6.45) is 3.47. The number of thiazole rings is 1. The minimum Gasteiger partial charge on any atom is -0.490 e. The molecule has 0 aliphatic carbocycles. The van der Waals surface area contributed by atoms with Gasteiger partial charge in [0.2, 0.25) is 0 Å². The Morgan fingerprint density at radius 3 is 2.60 bits per heavy atom. The minimum absolute atomic E-state index is 0.202. The van der Waals surface area contributed by atoms with Crippen molar-refractivity contribution in [2.45, 2.75) is 26.5 Å². The van der Waals surface area contributed by atoms with Crippen molar-refractivity contribution in [3.63, 3.8) is 0 Å². The Kier molecular flexibility index (Phi) is 9.65. The SMILES string of the molecule is C=CCOc1ccc([C@H]2C(C(=O)OCC)=C(C)N=c3s/c(=C\c4ccc(OCc5ccccc5Cl)c(Br)c4)c(=O)n32)cc1. The maximum atomic E-state index is 13.9. The maximum absolute atomic E-state index is 13.9. The molecule has 220 valence electrons. The van der Waals surface area contributed by atoms with Gasteiger partial charge in [-0.1, -0.05) is 72.0 Å². The summed E-state index contributed by atoms with van der Waals surface area (Å²) in [6, 6.07) is 19.7. The second kappa shape index (κ2) is 13.6. The summed E-state index contributed by atoms with van der Waals surface area (Å²) >= 11 is 11.1. The lowest BCUT2D eigenvalue weighted by Crippen LogP contribution is -2.39. The molecule has 2 heterocycles. The van der Waals surface area contributed by atoms with E-state index in [1.54, 1.807) is 42.7 Å². The van der Waals surface area contributed by atoms with Gasteiger partial charge in [0, 0.05) is 10.6 Å². The Labute approximate surface area is 266 Å². The molecule has 0 saturated carbocycles. The van der Waals surface area contributed by atoms with Crippen molar-refractivity contribution in [3.8, 4) is 11.5 Å². The fraction of sp³-hybridized carbons (Fsp3) is 0.182. The topological polar surface area (TPSA) is 79.1 Å². The molecule has 5 rings (SSSR count). The fourth-order valence-electron chi connectivity index (χ4n) is 4.65. The number of carbonyl (C=O) groups is 1. The molecule has 1 atom stereocenters. The van der Waals surface area contributed by atoms with Crippen molar-refractivity contribution in [3.05, 3.63) is 137 Å².